The minimum absolute atomic E-state index is 0.0430. The zero-order valence-electron chi connectivity index (χ0n) is 13.1. The number of aliphatic hydroxyl groups excluding tert-OH is 1. The second kappa shape index (κ2) is 5.80. The van der Waals surface area contributed by atoms with Crippen molar-refractivity contribution in [2.45, 2.75) is 56.1 Å². The van der Waals surface area contributed by atoms with E-state index in [0.717, 1.165) is 5.56 Å². The van der Waals surface area contributed by atoms with E-state index in [-0.39, 0.29) is 4.90 Å². The van der Waals surface area contributed by atoms with Crippen molar-refractivity contribution in [3.05, 3.63) is 29.8 Å². The van der Waals surface area contributed by atoms with Gasteiger partial charge in [-0.3, -0.25) is 4.18 Å². The maximum atomic E-state index is 12.5. The molecule has 4 atom stereocenters. The van der Waals surface area contributed by atoms with Crippen LogP contribution in [0.15, 0.2) is 29.2 Å². The summed E-state index contributed by atoms with van der Waals surface area (Å²) in [4.78, 5) is 0.0430. The van der Waals surface area contributed by atoms with Crippen LogP contribution in [0.25, 0.3) is 0 Å². The van der Waals surface area contributed by atoms with Gasteiger partial charge in [0.25, 0.3) is 10.1 Å². The maximum Gasteiger partial charge on any atom is 0.297 e. The lowest BCUT2D eigenvalue weighted by molar-refractivity contribution is -0.216. The molecule has 128 valence electrons. The standard InChI is InChI=1S/C15H20O7S/c1-9-4-6-10(7-5-9)23(17,18)22-12-11(8-16)19-14-13(12)20-15(2,3)21-14/h4-7,11-14,16H,8H2,1-3H3/t11-,12+,13-,14-/m1/s1. The van der Waals surface area contributed by atoms with Crippen LogP contribution in [-0.2, 0) is 28.5 Å². The van der Waals surface area contributed by atoms with Crippen LogP contribution < -0.4 is 0 Å². The molecule has 1 aromatic carbocycles. The molecule has 1 aromatic rings. The summed E-state index contributed by atoms with van der Waals surface area (Å²) in [5.41, 5.74) is 0.940. The van der Waals surface area contributed by atoms with E-state index in [2.05, 4.69) is 0 Å². The molecule has 23 heavy (non-hydrogen) atoms. The lowest BCUT2D eigenvalue weighted by Crippen LogP contribution is -2.39. The molecular weight excluding hydrogens is 324 g/mol. The number of aryl methyl sites for hydroxylation is 1. The quantitative estimate of drug-likeness (QED) is 0.813. The van der Waals surface area contributed by atoms with Crippen LogP contribution in [0, 0.1) is 6.92 Å². The summed E-state index contributed by atoms with van der Waals surface area (Å²) >= 11 is 0. The van der Waals surface area contributed by atoms with E-state index < -0.39 is 47.1 Å². The van der Waals surface area contributed by atoms with Gasteiger partial charge in [-0.1, -0.05) is 17.7 Å². The third-order valence-corrected chi connectivity index (χ3v) is 5.14. The highest BCUT2D eigenvalue weighted by molar-refractivity contribution is 7.86. The predicted molar refractivity (Wildman–Crippen MR) is 79.0 cm³/mol. The molecule has 2 heterocycles. The fourth-order valence-electron chi connectivity index (χ4n) is 2.72. The first-order chi connectivity index (χ1) is 10.7. The van der Waals surface area contributed by atoms with Crippen molar-refractivity contribution in [3.63, 3.8) is 0 Å². The van der Waals surface area contributed by atoms with Crippen molar-refractivity contribution in [2.24, 2.45) is 0 Å². The number of hydrogen-bond acceptors (Lipinski definition) is 7. The smallest absolute Gasteiger partial charge is 0.297 e. The van der Waals surface area contributed by atoms with Crippen molar-refractivity contribution >= 4 is 10.1 Å². The Morgan fingerprint density at radius 2 is 1.87 bits per heavy atom. The topological polar surface area (TPSA) is 91.3 Å². The summed E-state index contributed by atoms with van der Waals surface area (Å²) in [7, 11) is -4.01. The van der Waals surface area contributed by atoms with Crippen LogP contribution in [0.4, 0.5) is 0 Å². The normalized spacial score (nSPS) is 32.9. The van der Waals surface area contributed by atoms with Crippen LogP contribution in [0.2, 0.25) is 0 Å². The number of aliphatic hydroxyl groups is 1. The Labute approximate surface area is 135 Å². The van der Waals surface area contributed by atoms with Gasteiger partial charge in [-0.25, -0.2) is 0 Å². The van der Waals surface area contributed by atoms with Crippen molar-refractivity contribution in [2.75, 3.05) is 6.61 Å². The number of rotatable bonds is 4. The molecule has 8 heteroatoms. The Morgan fingerprint density at radius 1 is 1.22 bits per heavy atom. The average molecular weight is 344 g/mol. The van der Waals surface area contributed by atoms with Gasteiger partial charge >= 0.3 is 0 Å². The molecule has 0 aromatic heterocycles. The molecule has 0 aliphatic carbocycles. The van der Waals surface area contributed by atoms with Crippen molar-refractivity contribution < 1.29 is 31.9 Å². The highest BCUT2D eigenvalue weighted by atomic mass is 32.2. The van der Waals surface area contributed by atoms with E-state index in [4.69, 9.17) is 18.4 Å². The summed E-state index contributed by atoms with van der Waals surface area (Å²) in [5.74, 6) is -0.898. The Hall–Kier alpha value is -1.03. The lowest BCUT2D eigenvalue weighted by atomic mass is 10.1. The fraction of sp³-hybridized carbons (Fsp3) is 0.600. The predicted octanol–water partition coefficient (Wildman–Crippen LogP) is 0.938. The number of benzene rings is 1. The van der Waals surface area contributed by atoms with E-state index in [1.165, 1.54) is 12.1 Å². The van der Waals surface area contributed by atoms with Gasteiger partial charge in [0.2, 0.25) is 0 Å². The van der Waals surface area contributed by atoms with Crippen molar-refractivity contribution in [1.29, 1.82) is 0 Å². The largest absolute Gasteiger partial charge is 0.394 e. The van der Waals surface area contributed by atoms with Crippen LogP contribution in [0.3, 0.4) is 0 Å². The molecule has 2 saturated heterocycles. The average Bonchev–Trinajstić information content (AvgIpc) is 2.92. The van der Waals surface area contributed by atoms with Crippen LogP contribution in [0.5, 0.6) is 0 Å². The molecular formula is C15H20O7S. The molecule has 7 nitrogen and oxygen atoms in total. The van der Waals surface area contributed by atoms with Crippen molar-refractivity contribution in [3.8, 4) is 0 Å². The molecule has 3 rings (SSSR count). The van der Waals surface area contributed by atoms with Gasteiger partial charge in [-0.15, -0.1) is 0 Å². The molecule has 2 aliphatic heterocycles. The minimum atomic E-state index is -4.01. The second-order valence-electron chi connectivity index (χ2n) is 6.15. The molecule has 2 fully saturated rings. The third-order valence-electron chi connectivity index (χ3n) is 3.81. The monoisotopic (exact) mass is 344 g/mol. The van der Waals surface area contributed by atoms with Gasteiger partial charge in [0.05, 0.1) is 11.5 Å². The van der Waals surface area contributed by atoms with E-state index in [1.807, 2.05) is 6.92 Å². The van der Waals surface area contributed by atoms with Gasteiger partial charge in [0, 0.05) is 0 Å². The molecule has 2 aliphatic rings. The highest BCUT2D eigenvalue weighted by Gasteiger charge is 2.56. The zero-order chi connectivity index (χ0) is 16.8. The van der Waals surface area contributed by atoms with E-state index in [0.29, 0.717) is 0 Å². The number of fused-ring (bicyclic) bond motifs is 1. The maximum absolute atomic E-state index is 12.5. The Bertz CT molecular complexity index is 668. The SMILES string of the molecule is Cc1ccc(S(=O)(=O)O[C@@H]2[C@H]3OC(C)(C)O[C@H]3O[C@@H]2CO)cc1. The second-order valence-corrected chi connectivity index (χ2v) is 7.73. The summed E-state index contributed by atoms with van der Waals surface area (Å²) in [5, 5.41) is 9.41. The zero-order valence-corrected chi connectivity index (χ0v) is 13.9. The van der Waals surface area contributed by atoms with Crippen molar-refractivity contribution in [1.82, 2.24) is 0 Å². The Kier molecular flexibility index (Phi) is 4.24. The number of hydrogen-bond donors (Lipinski definition) is 1. The summed E-state index contributed by atoms with van der Waals surface area (Å²) in [6, 6.07) is 6.32. The van der Waals surface area contributed by atoms with E-state index >= 15 is 0 Å². The number of ether oxygens (including phenoxy) is 3. The molecule has 0 saturated carbocycles. The first kappa shape index (κ1) is 16.8. The summed E-state index contributed by atoms with van der Waals surface area (Å²) in [6.45, 7) is 4.87. The molecule has 0 radical (unpaired) electrons. The first-order valence-corrected chi connectivity index (χ1v) is 8.74. The fourth-order valence-corrected chi connectivity index (χ4v) is 3.82. The Balaban J connectivity index is 1.83. The molecule has 0 amide bonds. The van der Waals surface area contributed by atoms with E-state index in [9.17, 15) is 13.5 Å². The van der Waals surface area contributed by atoms with Crippen LogP contribution in [-0.4, -0.2) is 50.5 Å². The summed E-state index contributed by atoms with van der Waals surface area (Å²) in [6.07, 6.45) is -3.29. The van der Waals surface area contributed by atoms with Crippen LogP contribution >= 0.6 is 0 Å². The van der Waals surface area contributed by atoms with Gasteiger partial charge < -0.3 is 19.3 Å². The minimum Gasteiger partial charge on any atom is -0.394 e. The third kappa shape index (κ3) is 3.28. The van der Waals surface area contributed by atoms with Crippen LogP contribution in [0.1, 0.15) is 19.4 Å². The van der Waals surface area contributed by atoms with E-state index in [1.54, 1.807) is 26.0 Å². The van der Waals surface area contributed by atoms with Gasteiger partial charge in [0.1, 0.15) is 18.3 Å². The first-order valence-electron chi connectivity index (χ1n) is 7.34. The lowest BCUT2D eigenvalue weighted by Gasteiger charge is -2.24. The van der Waals surface area contributed by atoms with Gasteiger partial charge in [-0.2, -0.15) is 8.42 Å². The summed E-state index contributed by atoms with van der Waals surface area (Å²) < 4.78 is 46.9. The van der Waals surface area contributed by atoms with Gasteiger partial charge in [-0.05, 0) is 32.9 Å². The molecule has 0 unspecified atom stereocenters. The Morgan fingerprint density at radius 3 is 2.48 bits per heavy atom. The molecule has 0 bridgehead atoms. The molecule has 0 spiro atoms. The van der Waals surface area contributed by atoms with Gasteiger partial charge in [0.15, 0.2) is 12.1 Å². The highest BCUT2D eigenvalue weighted by Crippen LogP contribution is 2.39. The molecule has 1 N–H and O–H groups in total.